The highest BCUT2D eigenvalue weighted by Gasteiger charge is 2.18. The zero-order chi connectivity index (χ0) is 9.14. The maximum absolute atomic E-state index is 11.1. The molecule has 0 bridgehead atoms. The maximum atomic E-state index is 11.1. The highest BCUT2D eigenvalue weighted by atomic mass is 127. The molecule has 1 aromatic rings. The standard InChI is InChI=1S/C6H4BrIO3S/c1-10-4-3(7)2-12-5(4)6(9)11-8/h2H,1H3. The zero-order valence-electron chi connectivity index (χ0n) is 5.97. The second-order valence-electron chi connectivity index (χ2n) is 1.81. The van der Waals surface area contributed by atoms with E-state index in [1.54, 1.807) is 28.4 Å². The Kier molecular flexibility index (Phi) is 3.78. The van der Waals surface area contributed by atoms with Gasteiger partial charge in [0, 0.05) is 5.38 Å². The summed E-state index contributed by atoms with van der Waals surface area (Å²) >= 11 is 6.08. The highest BCUT2D eigenvalue weighted by Crippen LogP contribution is 2.35. The molecule has 0 radical (unpaired) electrons. The monoisotopic (exact) mass is 362 g/mol. The van der Waals surface area contributed by atoms with E-state index < -0.39 is 0 Å². The van der Waals surface area contributed by atoms with E-state index in [2.05, 4.69) is 19.0 Å². The van der Waals surface area contributed by atoms with Gasteiger partial charge in [-0.3, -0.25) is 0 Å². The molecule has 12 heavy (non-hydrogen) atoms. The fourth-order valence-corrected chi connectivity index (χ4v) is 2.60. The molecular weight excluding hydrogens is 359 g/mol. The minimum Gasteiger partial charge on any atom is -0.494 e. The normalized spacial score (nSPS) is 9.58. The van der Waals surface area contributed by atoms with Crippen LogP contribution < -0.4 is 4.74 Å². The summed E-state index contributed by atoms with van der Waals surface area (Å²) in [6, 6.07) is 0. The van der Waals surface area contributed by atoms with Crippen molar-refractivity contribution in [2.75, 3.05) is 7.11 Å². The Labute approximate surface area is 95.9 Å². The summed E-state index contributed by atoms with van der Waals surface area (Å²) in [4.78, 5) is 11.6. The smallest absolute Gasteiger partial charge is 0.361 e. The van der Waals surface area contributed by atoms with Crippen molar-refractivity contribution >= 4 is 56.2 Å². The van der Waals surface area contributed by atoms with Gasteiger partial charge < -0.3 is 7.80 Å². The Morgan fingerprint density at radius 3 is 2.92 bits per heavy atom. The lowest BCUT2D eigenvalue weighted by atomic mass is 10.4. The number of rotatable bonds is 2. The summed E-state index contributed by atoms with van der Waals surface area (Å²) in [6.45, 7) is 0. The maximum Gasteiger partial charge on any atom is 0.361 e. The first kappa shape index (κ1) is 10.3. The highest BCUT2D eigenvalue weighted by molar-refractivity contribution is 14.1. The van der Waals surface area contributed by atoms with Gasteiger partial charge in [0.2, 0.25) is 0 Å². The van der Waals surface area contributed by atoms with Gasteiger partial charge in [0.1, 0.15) is 0 Å². The predicted octanol–water partition coefficient (Wildman–Crippen LogP) is 3.03. The van der Waals surface area contributed by atoms with E-state index in [1.807, 2.05) is 0 Å². The number of carbonyl (C=O) groups excluding carboxylic acids is 1. The van der Waals surface area contributed by atoms with Crippen LogP contribution in [0.3, 0.4) is 0 Å². The van der Waals surface area contributed by atoms with Crippen molar-refractivity contribution in [2.24, 2.45) is 0 Å². The average Bonchev–Trinajstić information content (AvgIpc) is 2.45. The molecule has 6 heteroatoms. The molecule has 0 aliphatic carbocycles. The van der Waals surface area contributed by atoms with Gasteiger partial charge in [0.25, 0.3) is 0 Å². The fraction of sp³-hybridized carbons (Fsp3) is 0.167. The van der Waals surface area contributed by atoms with Gasteiger partial charge in [0.05, 0.1) is 11.6 Å². The molecule has 1 rings (SSSR count). The lowest BCUT2D eigenvalue weighted by Gasteiger charge is -1.99. The SMILES string of the molecule is COc1c(Br)csc1C(=O)OI. The van der Waals surface area contributed by atoms with E-state index >= 15 is 0 Å². The predicted molar refractivity (Wildman–Crippen MR) is 58.0 cm³/mol. The van der Waals surface area contributed by atoms with Gasteiger partial charge >= 0.3 is 5.97 Å². The Hall–Kier alpha value is 0.180. The molecule has 0 amide bonds. The van der Waals surface area contributed by atoms with Gasteiger partial charge in [-0.25, -0.2) is 4.79 Å². The molecule has 0 fully saturated rings. The van der Waals surface area contributed by atoms with Crippen LogP contribution in [0, 0.1) is 0 Å². The molecule has 0 aliphatic rings. The Morgan fingerprint density at radius 2 is 2.42 bits per heavy atom. The lowest BCUT2D eigenvalue weighted by Crippen LogP contribution is -1.96. The molecule has 1 aromatic heterocycles. The van der Waals surface area contributed by atoms with E-state index in [0.717, 1.165) is 4.47 Å². The molecule has 0 unspecified atom stereocenters. The van der Waals surface area contributed by atoms with Crippen LogP contribution in [0.5, 0.6) is 5.75 Å². The second-order valence-corrected chi connectivity index (χ2v) is 3.99. The first-order valence-corrected chi connectivity index (χ1v) is 5.40. The number of hydrogen-bond acceptors (Lipinski definition) is 4. The van der Waals surface area contributed by atoms with Crippen molar-refractivity contribution in [1.29, 1.82) is 0 Å². The van der Waals surface area contributed by atoms with Crippen molar-refractivity contribution in [3.8, 4) is 5.75 Å². The fourth-order valence-electron chi connectivity index (χ4n) is 0.692. The van der Waals surface area contributed by atoms with Crippen molar-refractivity contribution < 1.29 is 12.6 Å². The number of thiophene rings is 1. The largest absolute Gasteiger partial charge is 0.494 e. The molecular formula is C6H4BrIO3S. The van der Waals surface area contributed by atoms with Crippen LogP contribution in [0.1, 0.15) is 9.67 Å². The third kappa shape index (κ3) is 1.91. The first-order chi connectivity index (χ1) is 5.70. The van der Waals surface area contributed by atoms with Crippen LogP contribution in [-0.4, -0.2) is 13.1 Å². The second kappa shape index (κ2) is 4.43. The molecule has 0 spiro atoms. The minimum absolute atomic E-state index is 0.386. The van der Waals surface area contributed by atoms with E-state index in [-0.39, 0.29) is 5.97 Å². The molecule has 0 saturated heterocycles. The Bertz CT molecular complexity index is 299. The summed E-state index contributed by atoms with van der Waals surface area (Å²) in [7, 11) is 1.51. The molecule has 66 valence electrons. The number of halogens is 2. The van der Waals surface area contributed by atoms with Gasteiger partial charge in [0.15, 0.2) is 33.6 Å². The van der Waals surface area contributed by atoms with Crippen molar-refractivity contribution in [2.45, 2.75) is 0 Å². The van der Waals surface area contributed by atoms with E-state index in [0.29, 0.717) is 10.6 Å². The molecule has 0 aliphatic heterocycles. The molecule has 0 aromatic carbocycles. The van der Waals surface area contributed by atoms with Crippen LogP contribution in [-0.2, 0) is 3.07 Å². The zero-order valence-corrected chi connectivity index (χ0v) is 10.5. The van der Waals surface area contributed by atoms with Crippen LogP contribution >= 0.6 is 50.3 Å². The minimum atomic E-state index is -0.386. The molecule has 0 saturated carbocycles. The van der Waals surface area contributed by atoms with E-state index in [9.17, 15) is 4.79 Å². The van der Waals surface area contributed by atoms with Crippen LogP contribution in [0.2, 0.25) is 0 Å². The molecule has 1 heterocycles. The quantitative estimate of drug-likeness (QED) is 0.758. The first-order valence-electron chi connectivity index (χ1n) is 2.84. The van der Waals surface area contributed by atoms with Crippen LogP contribution in [0.4, 0.5) is 0 Å². The lowest BCUT2D eigenvalue weighted by molar-refractivity contribution is 0.0802. The number of methoxy groups -OCH3 is 1. The van der Waals surface area contributed by atoms with E-state index in [4.69, 9.17) is 4.74 Å². The van der Waals surface area contributed by atoms with Crippen molar-refractivity contribution in [1.82, 2.24) is 0 Å². The van der Waals surface area contributed by atoms with Crippen LogP contribution in [0.25, 0.3) is 0 Å². The van der Waals surface area contributed by atoms with Gasteiger partial charge in [-0.1, -0.05) is 0 Å². The Morgan fingerprint density at radius 1 is 1.75 bits per heavy atom. The van der Waals surface area contributed by atoms with Crippen molar-refractivity contribution in [3.63, 3.8) is 0 Å². The van der Waals surface area contributed by atoms with E-state index in [1.165, 1.54) is 18.4 Å². The number of ether oxygens (including phenoxy) is 1. The summed E-state index contributed by atoms with van der Waals surface area (Å²) in [5.74, 6) is 0.143. The van der Waals surface area contributed by atoms with Gasteiger partial charge in [-0.15, -0.1) is 11.3 Å². The topological polar surface area (TPSA) is 35.5 Å². The summed E-state index contributed by atoms with van der Waals surface area (Å²) in [6.07, 6.45) is 0. The molecule has 0 N–H and O–H groups in total. The van der Waals surface area contributed by atoms with Crippen molar-refractivity contribution in [3.05, 3.63) is 14.7 Å². The summed E-state index contributed by atoms with van der Waals surface area (Å²) in [5, 5.41) is 1.78. The van der Waals surface area contributed by atoms with Gasteiger partial charge in [-0.05, 0) is 15.9 Å². The summed E-state index contributed by atoms with van der Waals surface area (Å²) in [5.41, 5.74) is 0. The number of carbonyl (C=O) groups is 1. The average molecular weight is 363 g/mol. The molecule has 3 nitrogen and oxygen atoms in total. The summed E-state index contributed by atoms with van der Waals surface area (Å²) < 4.78 is 10.3. The van der Waals surface area contributed by atoms with Gasteiger partial charge in [-0.2, -0.15) is 0 Å². The molecule has 0 atom stereocenters. The van der Waals surface area contributed by atoms with Crippen LogP contribution in [0.15, 0.2) is 9.85 Å². The number of hydrogen-bond donors (Lipinski definition) is 0. The third-order valence-electron chi connectivity index (χ3n) is 1.16. The Balaban J connectivity index is 3.07. The third-order valence-corrected chi connectivity index (χ3v) is 3.40.